The second-order valence-corrected chi connectivity index (χ2v) is 7.28. The van der Waals surface area contributed by atoms with Crippen LogP contribution in [0.4, 0.5) is 10.1 Å². The van der Waals surface area contributed by atoms with Crippen LogP contribution in [0.15, 0.2) is 65.5 Å². The Morgan fingerprint density at radius 3 is 2.50 bits per heavy atom. The van der Waals surface area contributed by atoms with Crippen molar-refractivity contribution in [2.45, 2.75) is 5.91 Å². The van der Waals surface area contributed by atoms with Crippen molar-refractivity contribution in [2.75, 3.05) is 5.32 Å². The molecule has 0 fully saturated rings. The molecule has 0 amide bonds. The van der Waals surface area contributed by atoms with E-state index in [4.69, 9.17) is 5.26 Å². The number of halogens is 1. The maximum Gasteiger partial charge on any atom is 0.272 e. The zero-order chi connectivity index (χ0) is 22.6. The molecule has 0 aliphatic carbocycles. The number of rotatable bonds is 3. The lowest BCUT2D eigenvalue weighted by molar-refractivity contribution is -0.143. The third-order valence-corrected chi connectivity index (χ3v) is 5.25. The second-order valence-electron chi connectivity index (χ2n) is 7.28. The third kappa shape index (κ3) is 2.94. The lowest BCUT2D eigenvalue weighted by Gasteiger charge is -2.24. The zero-order valence-corrected chi connectivity index (χ0v) is 16.2. The number of nitrogens with one attached hydrogen (secondary N) is 1. The van der Waals surface area contributed by atoms with Gasteiger partial charge in [-0.05, 0) is 60.7 Å². The maximum atomic E-state index is 13.1. The van der Waals surface area contributed by atoms with Crippen LogP contribution in [0.5, 0.6) is 0 Å². The number of carbonyl (C=O) groups is 1. The minimum Gasteiger partial charge on any atom is -0.345 e. The van der Waals surface area contributed by atoms with E-state index in [1.165, 1.54) is 53.1 Å². The third-order valence-electron chi connectivity index (χ3n) is 5.25. The highest BCUT2D eigenvalue weighted by Crippen LogP contribution is 2.29. The molecule has 4 aromatic rings. The number of ketones is 1. The number of anilines is 1. The highest BCUT2D eigenvalue weighted by Gasteiger charge is 2.31. The summed E-state index contributed by atoms with van der Waals surface area (Å²) < 4.78 is 14.3. The predicted octanol–water partition coefficient (Wildman–Crippen LogP) is 2.15. The average Bonchev–Trinajstić information content (AvgIpc) is 3.05. The molecule has 1 aliphatic rings. The van der Waals surface area contributed by atoms with E-state index in [-0.39, 0.29) is 39.1 Å². The molecule has 1 aromatic heterocycles. The standard InChI is InChI=1S/C23H13FN4O4/c24-14-4-2-13(3-5-14)23(31,32)27-15-6-7-16-18(10-15)26-21-20(29)17-9-12(11-25)1-8-19(17)28(21)22(16)30/h1-10,27,31-32H. The first-order chi connectivity index (χ1) is 15.3. The number of aromatic nitrogens is 2. The van der Waals surface area contributed by atoms with Gasteiger partial charge in [0.05, 0.1) is 33.8 Å². The highest BCUT2D eigenvalue weighted by atomic mass is 19.1. The quantitative estimate of drug-likeness (QED) is 0.376. The second kappa shape index (κ2) is 6.81. The van der Waals surface area contributed by atoms with Gasteiger partial charge in [-0.1, -0.05) is 0 Å². The molecule has 8 nitrogen and oxygen atoms in total. The van der Waals surface area contributed by atoms with Gasteiger partial charge in [0, 0.05) is 11.3 Å². The van der Waals surface area contributed by atoms with Crippen LogP contribution in [-0.2, 0) is 5.91 Å². The van der Waals surface area contributed by atoms with Crippen molar-refractivity contribution >= 4 is 22.4 Å². The minimum atomic E-state index is -2.52. The molecule has 156 valence electrons. The van der Waals surface area contributed by atoms with Gasteiger partial charge in [0.1, 0.15) is 5.82 Å². The Morgan fingerprint density at radius 1 is 1.03 bits per heavy atom. The Labute approximate surface area is 179 Å². The van der Waals surface area contributed by atoms with Crippen molar-refractivity contribution in [3.05, 3.63) is 99.3 Å². The van der Waals surface area contributed by atoms with Crippen LogP contribution in [0.1, 0.15) is 27.3 Å². The van der Waals surface area contributed by atoms with E-state index in [0.29, 0.717) is 5.69 Å². The fourth-order valence-electron chi connectivity index (χ4n) is 3.70. The first-order valence-electron chi connectivity index (χ1n) is 9.43. The van der Waals surface area contributed by atoms with Crippen LogP contribution in [0.3, 0.4) is 0 Å². The summed E-state index contributed by atoms with van der Waals surface area (Å²) in [6.45, 7) is 0. The number of hydrogen-bond donors (Lipinski definition) is 3. The van der Waals surface area contributed by atoms with E-state index >= 15 is 0 Å². The summed E-state index contributed by atoms with van der Waals surface area (Å²) in [4.78, 5) is 30.2. The number of nitrogens with zero attached hydrogens (tertiary/aromatic N) is 3. The number of carbonyl (C=O) groups excluding carboxylic acids is 1. The molecule has 5 rings (SSSR count). The molecule has 0 spiro atoms. The zero-order valence-electron chi connectivity index (χ0n) is 16.2. The molecule has 0 radical (unpaired) electrons. The minimum absolute atomic E-state index is 0.0000896. The lowest BCUT2D eigenvalue weighted by atomic mass is 10.1. The van der Waals surface area contributed by atoms with Gasteiger partial charge in [0.15, 0.2) is 5.82 Å². The van der Waals surface area contributed by atoms with Gasteiger partial charge in [0.25, 0.3) is 11.5 Å². The summed E-state index contributed by atoms with van der Waals surface area (Å²) in [6, 6.07) is 15.3. The summed E-state index contributed by atoms with van der Waals surface area (Å²) in [6.07, 6.45) is 0. The van der Waals surface area contributed by atoms with E-state index < -0.39 is 23.1 Å². The molecule has 0 bridgehead atoms. The van der Waals surface area contributed by atoms with Crippen molar-refractivity contribution < 1.29 is 19.4 Å². The molecule has 32 heavy (non-hydrogen) atoms. The first-order valence-corrected chi connectivity index (χ1v) is 9.43. The first kappa shape index (κ1) is 19.6. The van der Waals surface area contributed by atoms with Gasteiger partial charge >= 0.3 is 0 Å². The van der Waals surface area contributed by atoms with Crippen molar-refractivity contribution in [1.82, 2.24) is 9.55 Å². The summed E-state index contributed by atoms with van der Waals surface area (Å²) >= 11 is 0. The highest BCUT2D eigenvalue weighted by molar-refractivity contribution is 6.13. The van der Waals surface area contributed by atoms with Gasteiger partial charge in [-0.25, -0.2) is 9.37 Å². The molecule has 3 aromatic carbocycles. The summed E-state index contributed by atoms with van der Waals surface area (Å²) in [7, 11) is 0. The molecule has 3 N–H and O–H groups in total. The Morgan fingerprint density at radius 2 is 1.78 bits per heavy atom. The summed E-state index contributed by atoms with van der Waals surface area (Å²) in [5.41, 5.74) is 0.763. The van der Waals surface area contributed by atoms with Crippen LogP contribution < -0.4 is 10.9 Å². The summed E-state index contributed by atoms with van der Waals surface area (Å²) in [5, 5.41) is 32.6. The number of aliphatic hydroxyl groups is 2. The van der Waals surface area contributed by atoms with Gasteiger partial charge < -0.3 is 15.5 Å². The number of fused-ring (bicyclic) bond motifs is 4. The van der Waals surface area contributed by atoms with Crippen LogP contribution in [0, 0.1) is 17.1 Å². The number of nitriles is 1. The Bertz CT molecular complexity index is 1540. The normalized spacial score (nSPS) is 12.4. The smallest absolute Gasteiger partial charge is 0.272 e. The fourth-order valence-corrected chi connectivity index (χ4v) is 3.70. The van der Waals surface area contributed by atoms with Crippen molar-refractivity contribution in [2.24, 2.45) is 0 Å². The summed E-state index contributed by atoms with van der Waals surface area (Å²) in [5.74, 6) is -3.63. The molecule has 2 heterocycles. The van der Waals surface area contributed by atoms with E-state index in [1.54, 1.807) is 0 Å². The molecular formula is C23H13FN4O4. The van der Waals surface area contributed by atoms with Gasteiger partial charge in [-0.3, -0.25) is 14.2 Å². The average molecular weight is 428 g/mol. The van der Waals surface area contributed by atoms with Gasteiger partial charge in [-0.15, -0.1) is 0 Å². The van der Waals surface area contributed by atoms with Crippen LogP contribution >= 0.6 is 0 Å². The molecule has 0 atom stereocenters. The Balaban J connectivity index is 1.59. The monoisotopic (exact) mass is 428 g/mol. The molecular weight excluding hydrogens is 415 g/mol. The van der Waals surface area contributed by atoms with Crippen LogP contribution in [0.25, 0.3) is 16.6 Å². The van der Waals surface area contributed by atoms with E-state index in [1.807, 2.05) is 6.07 Å². The van der Waals surface area contributed by atoms with E-state index in [0.717, 1.165) is 12.1 Å². The molecule has 0 saturated heterocycles. The SMILES string of the molecule is N#Cc1ccc2c(c1)C(=O)c1nc3cc(NC(O)(O)c4ccc(F)cc4)ccc3c(=O)n1-2. The molecule has 1 aliphatic heterocycles. The van der Waals surface area contributed by atoms with Crippen LogP contribution in [-0.4, -0.2) is 25.5 Å². The van der Waals surface area contributed by atoms with Crippen molar-refractivity contribution in [1.29, 1.82) is 5.26 Å². The molecule has 0 saturated carbocycles. The predicted molar refractivity (Wildman–Crippen MR) is 112 cm³/mol. The lowest BCUT2D eigenvalue weighted by Crippen LogP contribution is -2.34. The topological polar surface area (TPSA) is 128 Å². The maximum absolute atomic E-state index is 13.1. The number of benzene rings is 3. The van der Waals surface area contributed by atoms with Gasteiger partial charge in [0.2, 0.25) is 5.78 Å². The molecule has 0 unspecified atom stereocenters. The molecule has 9 heteroatoms. The fraction of sp³-hybridized carbons (Fsp3) is 0.0435. The van der Waals surface area contributed by atoms with E-state index in [2.05, 4.69) is 10.3 Å². The largest absolute Gasteiger partial charge is 0.345 e. The van der Waals surface area contributed by atoms with Gasteiger partial charge in [-0.2, -0.15) is 5.26 Å². The number of hydrogen-bond acceptors (Lipinski definition) is 7. The van der Waals surface area contributed by atoms with Crippen molar-refractivity contribution in [3.8, 4) is 11.8 Å². The Hall–Kier alpha value is -4.39. The van der Waals surface area contributed by atoms with Crippen molar-refractivity contribution in [3.63, 3.8) is 0 Å². The van der Waals surface area contributed by atoms with E-state index in [9.17, 15) is 24.2 Å². The van der Waals surface area contributed by atoms with Crippen LogP contribution in [0.2, 0.25) is 0 Å². The Kier molecular flexibility index (Phi) is 4.17.